The molecule has 0 heterocycles. The van der Waals surface area contributed by atoms with E-state index in [2.05, 4.69) is 34.6 Å². The number of hydrogen-bond donors (Lipinski definition) is 1. The zero-order chi connectivity index (χ0) is 16.2. The zero-order valence-electron chi connectivity index (χ0n) is 15.0. The van der Waals surface area contributed by atoms with Crippen LogP contribution in [0.5, 0.6) is 0 Å². The van der Waals surface area contributed by atoms with Crippen LogP contribution in [0, 0.1) is 10.8 Å². The largest absolute Gasteiger partial charge is 0.396 e. The Morgan fingerprint density at radius 3 is 1.86 bits per heavy atom. The van der Waals surface area contributed by atoms with Crippen LogP contribution in [0.3, 0.4) is 0 Å². The molecule has 1 atom stereocenters. The van der Waals surface area contributed by atoms with Crippen LogP contribution < -0.4 is 0 Å². The van der Waals surface area contributed by atoms with Crippen molar-refractivity contribution in [3.05, 3.63) is 0 Å². The topological polar surface area (TPSA) is 38.7 Å². The molecule has 0 saturated carbocycles. The van der Waals surface area contributed by atoms with E-state index in [9.17, 15) is 5.11 Å². The van der Waals surface area contributed by atoms with Crippen LogP contribution in [0.2, 0.25) is 0 Å². The van der Waals surface area contributed by atoms with Crippen molar-refractivity contribution < 1.29 is 14.6 Å². The Kier molecular flexibility index (Phi) is 11.4. The summed E-state index contributed by atoms with van der Waals surface area (Å²) in [6.07, 6.45) is 6.65. The van der Waals surface area contributed by atoms with E-state index in [0.29, 0.717) is 18.6 Å². The van der Waals surface area contributed by atoms with Gasteiger partial charge in [0.25, 0.3) is 0 Å². The lowest BCUT2D eigenvalue weighted by Gasteiger charge is -2.30. The highest BCUT2D eigenvalue weighted by atomic mass is 16.5. The lowest BCUT2D eigenvalue weighted by Crippen LogP contribution is -2.36. The monoisotopic (exact) mass is 302 g/mol. The summed E-state index contributed by atoms with van der Waals surface area (Å²) in [5.74, 6) is 0. The fourth-order valence-electron chi connectivity index (χ4n) is 2.18. The van der Waals surface area contributed by atoms with Gasteiger partial charge in [-0.1, -0.05) is 47.5 Å². The van der Waals surface area contributed by atoms with Gasteiger partial charge in [0.05, 0.1) is 19.8 Å². The fourth-order valence-corrected chi connectivity index (χ4v) is 2.18. The molecular formula is C18H38O3. The molecule has 0 aromatic carbocycles. The Bertz CT molecular complexity index is 229. The van der Waals surface area contributed by atoms with Crippen LogP contribution in [0.25, 0.3) is 0 Å². The first-order valence-corrected chi connectivity index (χ1v) is 8.65. The van der Waals surface area contributed by atoms with Crippen molar-refractivity contribution in [2.75, 3.05) is 33.0 Å². The van der Waals surface area contributed by atoms with Crippen LogP contribution in [0.15, 0.2) is 0 Å². The molecule has 0 aliphatic rings. The van der Waals surface area contributed by atoms with Crippen molar-refractivity contribution in [3.8, 4) is 0 Å². The van der Waals surface area contributed by atoms with Crippen molar-refractivity contribution in [2.45, 2.75) is 73.1 Å². The molecule has 21 heavy (non-hydrogen) atoms. The van der Waals surface area contributed by atoms with Crippen LogP contribution in [-0.2, 0) is 9.47 Å². The van der Waals surface area contributed by atoms with Gasteiger partial charge in [-0.2, -0.15) is 0 Å². The number of aliphatic hydroxyl groups is 1. The molecule has 0 amide bonds. The second-order valence-electron chi connectivity index (χ2n) is 7.49. The van der Waals surface area contributed by atoms with Gasteiger partial charge in [0.15, 0.2) is 0 Å². The molecular weight excluding hydrogens is 264 g/mol. The summed E-state index contributed by atoms with van der Waals surface area (Å²) >= 11 is 0. The lowest BCUT2D eigenvalue weighted by atomic mass is 9.88. The van der Waals surface area contributed by atoms with Crippen LogP contribution in [-0.4, -0.2) is 38.1 Å². The van der Waals surface area contributed by atoms with Gasteiger partial charge in [-0.05, 0) is 31.1 Å². The maximum Gasteiger partial charge on any atom is 0.0566 e. The second kappa shape index (κ2) is 11.4. The summed E-state index contributed by atoms with van der Waals surface area (Å²) in [6, 6.07) is 0. The number of aliphatic hydroxyl groups excluding tert-OH is 1. The predicted molar refractivity (Wildman–Crippen MR) is 89.7 cm³/mol. The molecule has 0 aromatic rings. The van der Waals surface area contributed by atoms with E-state index in [-0.39, 0.29) is 12.0 Å². The smallest absolute Gasteiger partial charge is 0.0566 e. The molecule has 0 saturated heterocycles. The highest BCUT2D eigenvalue weighted by Crippen LogP contribution is 2.24. The maximum absolute atomic E-state index is 9.71. The molecule has 0 radical (unpaired) electrons. The van der Waals surface area contributed by atoms with Gasteiger partial charge in [-0.25, -0.2) is 0 Å². The Labute approximate surface area is 132 Å². The molecule has 0 aromatic heterocycles. The number of ether oxygens (including phenoxy) is 2. The highest BCUT2D eigenvalue weighted by Gasteiger charge is 2.28. The minimum atomic E-state index is -0.228. The first-order valence-electron chi connectivity index (χ1n) is 8.65. The van der Waals surface area contributed by atoms with Crippen molar-refractivity contribution in [1.82, 2.24) is 0 Å². The minimum Gasteiger partial charge on any atom is -0.396 e. The van der Waals surface area contributed by atoms with Crippen molar-refractivity contribution >= 4 is 0 Å². The first kappa shape index (κ1) is 20.9. The third-order valence-electron chi connectivity index (χ3n) is 4.01. The molecule has 1 N–H and O–H groups in total. The molecule has 0 aliphatic heterocycles. The van der Waals surface area contributed by atoms with Gasteiger partial charge in [0.1, 0.15) is 0 Å². The number of hydrogen-bond acceptors (Lipinski definition) is 3. The summed E-state index contributed by atoms with van der Waals surface area (Å²) in [5.41, 5.74) is 0.137. The SMILES string of the molecule is CCCCCOCC(CC)(CO)COCCCC(C)(C)C. The molecule has 3 heteroatoms. The Morgan fingerprint density at radius 2 is 1.43 bits per heavy atom. The third-order valence-corrected chi connectivity index (χ3v) is 4.01. The van der Waals surface area contributed by atoms with Crippen LogP contribution in [0.1, 0.15) is 73.1 Å². The molecule has 0 aliphatic carbocycles. The lowest BCUT2D eigenvalue weighted by molar-refractivity contribution is -0.0547. The van der Waals surface area contributed by atoms with Crippen molar-refractivity contribution in [2.24, 2.45) is 10.8 Å². The third kappa shape index (κ3) is 11.1. The molecule has 128 valence electrons. The summed E-state index contributed by atoms with van der Waals surface area (Å²) in [7, 11) is 0. The Hall–Kier alpha value is -0.120. The van der Waals surface area contributed by atoms with E-state index < -0.39 is 0 Å². The molecule has 0 rings (SSSR count). The quantitative estimate of drug-likeness (QED) is 0.512. The van der Waals surface area contributed by atoms with Gasteiger partial charge in [-0.15, -0.1) is 0 Å². The van der Waals surface area contributed by atoms with Crippen LogP contribution >= 0.6 is 0 Å². The maximum atomic E-state index is 9.71. The van der Waals surface area contributed by atoms with Crippen molar-refractivity contribution in [1.29, 1.82) is 0 Å². The van der Waals surface area contributed by atoms with Crippen LogP contribution in [0.4, 0.5) is 0 Å². The summed E-state index contributed by atoms with van der Waals surface area (Å²) in [4.78, 5) is 0. The van der Waals surface area contributed by atoms with E-state index in [0.717, 1.165) is 32.5 Å². The molecule has 3 nitrogen and oxygen atoms in total. The summed E-state index contributed by atoms with van der Waals surface area (Å²) in [6.45, 7) is 13.9. The highest BCUT2D eigenvalue weighted by molar-refractivity contribution is 4.76. The average Bonchev–Trinajstić information content (AvgIpc) is 2.43. The zero-order valence-corrected chi connectivity index (χ0v) is 15.0. The van der Waals surface area contributed by atoms with Gasteiger partial charge in [-0.3, -0.25) is 0 Å². The summed E-state index contributed by atoms with van der Waals surface area (Å²) < 4.78 is 11.6. The van der Waals surface area contributed by atoms with E-state index in [1.54, 1.807) is 0 Å². The number of unbranched alkanes of at least 4 members (excludes halogenated alkanes) is 2. The Morgan fingerprint density at radius 1 is 0.857 bits per heavy atom. The first-order chi connectivity index (χ1) is 9.89. The van der Waals surface area contributed by atoms with Gasteiger partial charge in [0.2, 0.25) is 0 Å². The minimum absolute atomic E-state index is 0.135. The van der Waals surface area contributed by atoms with Gasteiger partial charge in [0, 0.05) is 18.6 Å². The van der Waals surface area contributed by atoms with E-state index in [1.807, 2.05) is 0 Å². The summed E-state index contributed by atoms with van der Waals surface area (Å²) in [5, 5.41) is 9.71. The van der Waals surface area contributed by atoms with E-state index >= 15 is 0 Å². The fraction of sp³-hybridized carbons (Fsp3) is 1.00. The van der Waals surface area contributed by atoms with Gasteiger partial charge < -0.3 is 14.6 Å². The second-order valence-corrected chi connectivity index (χ2v) is 7.49. The number of rotatable bonds is 13. The van der Waals surface area contributed by atoms with E-state index in [1.165, 1.54) is 19.3 Å². The normalized spacial score (nSPS) is 15.1. The average molecular weight is 302 g/mol. The molecule has 0 spiro atoms. The standard InChI is InChI=1S/C18H38O3/c1-6-8-9-12-20-15-18(7-2,14-19)16-21-13-10-11-17(3,4)5/h19H,6-16H2,1-5H3. The van der Waals surface area contributed by atoms with E-state index in [4.69, 9.17) is 9.47 Å². The predicted octanol–water partition coefficient (Wildman–Crippen LogP) is 4.42. The molecule has 0 bridgehead atoms. The van der Waals surface area contributed by atoms with Crippen molar-refractivity contribution in [3.63, 3.8) is 0 Å². The Balaban J connectivity index is 3.92. The molecule has 0 fully saturated rings. The molecule has 1 unspecified atom stereocenters. The van der Waals surface area contributed by atoms with Gasteiger partial charge >= 0.3 is 0 Å².